The number of amides is 3. The molecule has 0 bridgehead atoms. The first-order valence-electron chi connectivity index (χ1n) is 11.2. The number of aliphatic hydroxyl groups is 1. The molecule has 37 heavy (non-hydrogen) atoms. The van der Waals surface area contributed by atoms with E-state index in [0.717, 1.165) is 0 Å². The maximum absolute atomic E-state index is 14.1. The molecule has 6 rings (SSSR count). The first-order valence-corrected chi connectivity index (χ1v) is 11.5. The average Bonchev–Trinajstić information content (AvgIpc) is 3.60. The molecular weight excluding hydrogens is 506 g/mol. The Bertz CT molecular complexity index is 1580. The molecule has 3 amide bonds. The number of carbonyl (C=O) groups excluding carboxylic acids is 2. The van der Waals surface area contributed by atoms with Crippen molar-refractivity contribution in [2.75, 3.05) is 16.8 Å². The van der Waals surface area contributed by atoms with E-state index in [1.165, 1.54) is 52.2 Å². The number of urea groups is 1. The summed E-state index contributed by atoms with van der Waals surface area (Å²) >= 11 is 6.36. The molecule has 0 saturated carbocycles. The molecule has 0 radical (unpaired) electrons. The Morgan fingerprint density at radius 1 is 1.11 bits per heavy atom. The van der Waals surface area contributed by atoms with Gasteiger partial charge in [0.05, 0.1) is 48.1 Å². The summed E-state index contributed by atoms with van der Waals surface area (Å²) in [6, 6.07) is 9.33. The van der Waals surface area contributed by atoms with E-state index < -0.39 is 35.7 Å². The first-order chi connectivity index (χ1) is 17.8. The van der Waals surface area contributed by atoms with Gasteiger partial charge in [-0.05, 0) is 48.5 Å². The van der Waals surface area contributed by atoms with Gasteiger partial charge >= 0.3 is 6.03 Å². The van der Waals surface area contributed by atoms with Gasteiger partial charge in [-0.25, -0.2) is 18.3 Å². The molecule has 3 heterocycles. The summed E-state index contributed by atoms with van der Waals surface area (Å²) in [4.78, 5) is 27.7. The van der Waals surface area contributed by atoms with Crippen molar-refractivity contribution in [3.05, 3.63) is 99.8 Å². The monoisotopic (exact) mass is 522 g/mol. The maximum atomic E-state index is 14.1. The number of anilines is 2. The van der Waals surface area contributed by atoms with Crippen molar-refractivity contribution in [1.82, 2.24) is 20.3 Å². The molecule has 9 nitrogen and oxygen atoms in total. The highest BCUT2D eigenvalue weighted by molar-refractivity contribution is 6.31. The number of rotatable bonds is 3. The minimum absolute atomic E-state index is 0.0914. The van der Waals surface area contributed by atoms with Gasteiger partial charge in [0, 0.05) is 27.3 Å². The van der Waals surface area contributed by atoms with Crippen LogP contribution in [0.2, 0.25) is 5.02 Å². The van der Waals surface area contributed by atoms with Crippen LogP contribution in [0.15, 0.2) is 60.9 Å². The van der Waals surface area contributed by atoms with Gasteiger partial charge in [0.25, 0.3) is 5.91 Å². The zero-order valence-electron chi connectivity index (χ0n) is 18.8. The molecule has 3 N–H and O–H groups in total. The number of fused-ring (bicyclic) bond motifs is 2. The summed E-state index contributed by atoms with van der Waals surface area (Å²) in [5.74, 6) is -1.52. The Kier molecular flexibility index (Phi) is 5.39. The second kappa shape index (κ2) is 8.64. The Hall–Kier alpha value is -4.35. The largest absolute Gasteiger partial charge is 0.386 e. The quantitative estimate of drug-likeness (QED) is 0.375. The van der Waals surface area contributed by atoms with Crippen LogP contribution < -0.4 is 15.5 Å². The van der Waals surface area contributed by atoms with Crippen molar-refractivity contribution in [2.45, 2.75) is 12.1 Å². The van der Waals surface area contributed by atoms with Crippen LogP contribution in [0, 0.1) is 11.6 Å². The lowest BCUT2D eigenvalue weighted by molar-refractivity contribution is 0.0960. The molecule has 186 valence electrons. The van der Waals surface area contributed by atoms with E-state index >= 15 is 0 Å². The van der Waals surface area contributed by atoms with E-state index in [-0.39, 0.29) is 28.4 Å². The van der Waals surface area contributed by atoms with Crippen molar-refractivity contribution < 1.29 is 23.5 Å². The zero-order valence-corrected chi connectivity index (χ0v) is 19.6. The molecule has 2 aliphatic rings. The number of nitrogens with zero attached hydrogens (tertiary/aromatic N) is 4. The third-order valence-electron chi connectivity index (χ3n) is 6.41. The van der Waals surface area contributed by atoms with Gasteiger partial charge < -0.3 is 15.7 Å². The molecule has 0 fully saturated rings. The first kappa shape index (κ1) is 23.1. The van der Waals surface area contributed by atoms with Crippen molar-refractivity contribution in [3.63, 3.8) is 0 Å². The molecule has 2 aliphatic heterocycles. The molecule has 2 atom stereocenters. The number of hydrogen-bond acceptors (Lipinski definition) is 5. The maximum Gasteiger partial charge on any atom is 0.326 e. The summed E-state index contributed by atoms with van der Waals surface area (Å²) < 4.78 is 29.3. The number of halogens is 3. The Morgan fingerprint density at radius 3 is 2.62 bits per heavy atom. The van der Waals surface area contributed by atoms with Gasteiger partial charge in [0.1, 0.15) is 11.6 Å². The van der Waals surface area contributed by atoms with Crippen LogP contribution in [0.5, 0.6) is 0 Å². The summed E-state index contributed by atoms with van der Waals surface area (Å²) in [5.41, 5.74) is 2.26. The van der Waals surface area contributed by atoms with Gasteiger partial charge in [-0.2, -0.15) is 0 Å². The third-order valence-corrected chi connectivity index (χ3v) is 6.76. The number of nitrogens with one attached hydrogen (secondary N) is 2. The Morgan fingerprint density at radius 2 is 1.86 bits per heavy atom. The minimum atomic E-state index is -1.06. The smallest absolute Gasteiger partial charge is 0.326 e. The highest BCUT2D eigenvalue weighted by Crippen LogP contribution is 2.41. The molecule has 4 aromatic rings. The third kappa shape index (κ3) is 3.88. The molecule has 0 unspecified atom stereocenters. The van der Waals surface area contributed by atoms with Gasteiger partial charge in [-0.1, -0.05) is 16.8 Å². The molecule has 0 aliphatic carbocycles. The van der Waals surface area contributed by atoms with Gasteiger partial charge in [0.2, 0.25) is 0 Å². The van der Waals surface area contributed by atoms with Crippen molar-refractivity contribution in [3.8, 4) is 5.69 Å². The average molecular weight is 523 g/mol. The highest BCUT2D eigenvalue weighted by atomic mass is 35.5. The van der Waals surface area contributed by atoms with E-state index in [9.17, 15) is 23.5 Å². The fourth-order valence-corrected chi connectivity index (χ4v) is 4.98. The van der Waals surface area contributed by atoms with Crippen molar-refractivity contribution in [1.29, 1.82) is 0 Å². The molecule has 12 heteroatoms. The number of aromatic nitrogens is 3. The van der Waals surface area contributed by atoms with Crippen LogP contribution in [0.25, 0.3) is 5.69 Å². The van der Waals surface area contributed by atoms with Crippen molar-refractivity contribution >= 4 is 34.9 Å². The van der Waals surface area contributed by atoms with Crippen LogP contribution in [0.3, 0.4) is 0 Å². The van der Waals surface area contributed by atoms with E-state index in [4.69, 9.17) is 11.6 Å². The Labute approximate surface area is 213 Å². The second-order valence-corrected chi connectivity index (χ2v) is 9.04. The number of aliphatic hydroxyl groups excluding tert-OH is 1. The van der Waals surface area contributed by atoms with E-state index in [1.54, 1.807) is 18.3 Å². The molecule has 0 saturated heterocycles. The summed E-state index contributed by atoms with van der Waals surface area (Å²) in [6.45, 7) is -0.0914. The second-order valence-electron chi connectivity index (χ2n) is 8.63. The lowest BCUT2D eigenvalue weighted by atomic mass is 9.95. The topological polar surface area (TPSA) is 112 Å². The van der Waals surface area contributed by atoms with Crippen LogP contribution >= 0.6 is 11.6 Å². The van der Waals surface area contributed by atoms with Gasteiger partial charge in [0.15, 0.2) is 0 Å². The predicted molar refractivity (Wildman–Crippen MR) is 130 cm³/mol. The zero-order chi connectivity index (χ0) is 25.8. The number of hydrogen-bond donors (Lipinski definition) is 3. The molecule has 0 spiro atoms. The summed E-state index contributed by atoms with van der Waals surface area (Å²) in [5, 5.41) is 24.0. The lowest BCUT2D eigenvalue weighted by Crippen LogP contribution is -2.34. The number of benzene rings is 3. The summed E-state index contributed by atoms with van der Waals surface area (Å²) in [6.07, 6.45) is 1.97. The van der Waals surface area contributed by atoms with Gasteiger partial charge in [-0.15, -0.1) is 5.10 Å². The van der Waals surface area contributed by atoms with Crippen LogP contribution in [-0.2, 0) is 0 Å². The van der Waals surface area contributed by atoms with Crippen molar-refractivity contribution in [2.24, 2.45) is 0 Å². The van der Waals surface area contributed by atoms with Gasteiger partial charge in [-0.3, -0.25) is 9.69 Å². The number of β-amino-alcohol motifs (C(OH)–C–C–N with tert-alkyl or cyclic N) is 1. The molecular formula is C25H17ClF2N6O3. The van der Waals surface area contributed by atoms with E-state index in [2.05, 4.69) is 20.9 Å². The SMILES string of the molecule is O=C1N[C@@H](c2cc(F)ccc2Cl)c2c(NC(=O)N3C[C@H](O)c4cc(F)ccc43)cc(-n3ccnn3)cc21. The minimum Gasteiger partial charge on any atom is -0.386 e. The van der Waals surface area contributed by atoms with Crippen LogP contribution in [-0.4, -0.2) is 38.6 Å². The van der Waals surface area contributed by atoms with Crippen LogP contribution in [0.1, 0.15) is 39.2 Å². The fraction of sp³-hybridized carbons (Fsp3) is 0.120. The lowest BCUT2D eigenvalue weighted by Gasteiger charge is -2.22. The van der Waals surface area contributed by atoms with E-state index in [1.807, 2.05) is 0 Å². The standard InChI is InChI=1S/C25H17ClF2N6O3/c26-18-3-1-12(27)7-15(18)23-22-17(24(36)31-23)9-14(34-6-5-29-32-34)10-19(22)30-25(37)33-11-21(35)16-8-13(28)2-4-20(16)33/h1-10,21,23,35H,11H2,(H,30,37)(H,31,36)/t21-,23-/m0/s1. The molecule has 1 aromatic heterocycles. The summed E-state index contributed by atoms with van der Waals surface area (Å²) in [7, 11) is 0. The number of carbonyl (C=O) groups is 2. The van der Waals surface area contributed by atoms with Crippen LogP contribution in [0.4, 0.5) is 25.0 Å². The highest BCUT2D eigenvalue weighted by Gasteiger charge is 2.37. The molecule has 3 aromatic carbocycles. The Balaban J connectivity index is 1.46. The fourth-order valence-electron chi connectivity index (χ4n) is 4.75. The normalized spacial score (nSPS) is 17.9. The predicted octanol–water partition coefficient (Wildman–Crippen LogP) is 4.12. The van der Waals surface area contributed by atoms with E-state index in [0.29, 0.717) is 22.5 Å².